The van der Waals surface area contributed by atoms with Crippen LogP contribution in [0.25, 0.3) is 0 Å². The minimum atomic E-state index is -0.285. The Balaban J connectivity index is 2.36. The van der Waals surface area contributed by atoms with Crippen LogP contribution in [0.3, 0.4) is 0 Å². The fraction of sp³-hybridized carbons (Fsp3) is 0.571. The van der Waals surface area contributed by atoms with E-state index in [4.69, 9.17) is 4.74 Å². The van der Waals surface area contributed by atoms with Crippen molar-refractivity contribution in [3.05, 3.63) is 29.3 Å². The summed E-state index contributed by atoms with van der Waals surface area (Å²) in [4.78, 5) is 0. The average molecular weight is 220 g/mol. The Morgan fingerprint density at radius 3 is 2.88 bits per heavy atom. The molecule has 1 atom stereocenters. The molecule has 0 radical (unpaired) electrons. The lowest BCUT2D eigenvalue weighted by molar-refractivity contribution is 0.155. The highest BCUT2D eigenvalue weighted by molar-refractivity contribution is 5.47. The Morgan fingerprint density at radius 1 is 1.44 bits per heavy atom. The molecule has 1 aliphatic heterocycles. The molecule has 0 aliphatic carbocycles. The first kappa shape index (κ1) is 11.5. The normalized spacial score (nSPS) is 16.8. The van der Waals surface area contributed by atoms with Gasteiger partial charge in [-0.2, -0.15) is 0 Å². The van der Waals surface area contributed by atoms with Crippen LogP contribution in [0.2, 0.25) is 0 Å². The van der Waals surface area contributed by atoms with E-state index in [0.29, 0.717) is 0 Å². The highest BCUT2D eigenvalue weighted by atomic mass is 16.5. The summed E-state index contributed by atoms with van der Waals surface area (Å²) in [6.45, 7) is 6.96. The first-order valence-electron chi connectivity index (χ1n) is 5.94. The number of para-hydroxylation sites is 1. The zero-order chi connectivity index (χ0) is 11.8. The largest absolute Gasteiger partial charge is 0.493 e. The van der Waals surface area contributed by atoms with Crippen LogP contribution in [0, 0.1) is 0 Å². The number of hydrogen-bond acceptors (Lipinski definition) is 2. The third-order valence-corrected chi connectivity index (χ3v) is 3.25. The van der Waals surface area contributed by atoms with Crippen LogP contribution in [0.1, 0.15) is 38.3 Å². The molecule has 1 aromatic carbocycles. The number of hydrogen-bond donors (Lipinski definition) is 1. The smallest absolute Gasteiger partial charge is 0.126 e. The van der Waals surface area contributed by atoms with E-state index in [-0.39, 0.29) is 11.5 Å². The quantitative estimate of drug-likeness (QED) is 0.848. The lowest BCUT2D eigenvalue weighted by atomic mass is 9.79. The van der Waals surface area contributed by atoms with E-state index in [1.807, 2.05) is 6.92 Å². The Hall–Kier alpha value is -1.02. The molecule has 1 unspecified atom stereocenters. The van der Waals surface area contributed by atoms with Crippen molar-refractivity contribution in [3.63, 3.8) is 0 Å². The third kappa shape index (κ3) is 2.07. The minimum absolute atomic E-state index is 0.0378. The second-order valence-electron chi connectivity index (χ2n) is 5.33. The molecule has 88 valence electrons. The zero-order valence-corrected chi connectivity index (χ0v) is 10.3. The standard InChI is InChI=1S/C14H20O2/c1-10(15)9-14(2,3)12-6-4-5-11-7-8-16-13(11)12/h4-6,10,15H,7-9H2,1-3H3. The molecule has 0 aromatic heterocycles. The molecule has 0 saturated carbocycles. The van der Waals surface area contributed by atoms with Crippen LogP contribution in [-0.4, -0.2) is 17.8 Å². The average Bonchev–Trinajstić information content (AvgIpc) is 2.62. The van der Waals surface area contributed by atoms with Crippen LogP contribution < -0.4 is 4.74 Å². The van der Waals surface area contributed by atoms with Gasteiger partial charge in [0.25, 0.3) is 0 Å². The summed E-state index contributed by atoms with van der Waals surface area (Å²) in [7, 11) is 0. The van der Waals surface area contributed by atoms with Gasteiger partial charge in [0.2, 0.25) is 0 Å². The van der Waals surface area contributed by atoms with Crippen LogP contribution >= 0.6 is 0 Å². The van der Waals surface area contributed by atoms with Crippen molar-refractivity contribution in [1.82, 2.24) is 0 Å². The van der Waals surface area contributed by atoms with Crippen molar-refractivity contribution in [2.75, 3.05) is 6.61 Å². The van der Waals surface area contributed by atoms with Crippen LogP contribution in [0.15, 0.2) is 18.2 Å². The molecule has 16 heavy (non-hydrogen) atoms. The Labute approximate surface area is 97.3 Å². The van der Waals surface area contributed by atoms with Crippen molar-refractivity contribution >= 4 is 0 Å². The van der Waals surface area contributed by atoms with Gasteiger partial charge in [-0.05, 0) is 24.3 Å². The Morgan fingerprint density at radius 2 is 2.19 bits per heavy atom. The van der Waals surface area contributed by atoms with Crippen molar-refractivity contribution in [2.24, 2.45) is 0 Å². The molecule has 1 aromatic rings. The highest BCUT2D eigenvalue weighted by Crippen LogP contribution is 2.39. The molecule has 2 heteroatoms. The maximum absolute atomic E-state index is 9.56. The van der Waals surface area contributed by atoms with Gasteiger partial charge in [0, 0.05) is 12.0 Å². The van der Waals surface area contributed by atoms with Gasteiger partial charge in [-0.25, -0.2) is 0 Å². The zero-order valence-electron chi connectivity index (χ0n) is 10.3. The van der Waals surface area contributed by atoms with E-state index >= 15 is 0 Å². The molecule has 2 rings (SSSR count). The van der Waals surface area contributed by atoms with Crippen LogP contribution in [0.4, 0.5) is 0 Å². The summed E-state index contributed by atoms with van der Waals surface area (Å²) in [5.41, 5.74) is 2.49. The number of aliphatic hydroxyl groups is 1. The molecular formula is C14H20O2. The molecule has 1 aliphatic rings. The van der Waals surface area contributed by atoms with Gasteiger partial charge in [-0.3, -0.25) is 0 Å². The molecule has 0 amide bonds. The van der Waals surface area contributed by atoms with Gasteiger partial charge in [0.1, 0.15) is 5.75 Å². The number of aliphatic hydroxyl groups excluding tert-OH is 1. The first-order valence-corrected chi connectivity index (χ1v) is 5.94. The van der Waals surface area contributed by atoms with Gasteiger partial charge in [0.05, 0.1) is 12.7 Å². The second-order valence-corrected chi connectivity index (χ2v) is 5.33. The number of fused-ring (bicyclic) bond motifs is 1. The van der Waals surface area contributed by atoms with Gasteiger partial charge in [-0.1, -0.05) is 32.0 Å². The van der Waals surface area contributed by atoms with Gasteiger partial charge in [-0.15, -0.1) is 0 Å². The predicted molar refractivity (Wildman–Crippen MR) is 65.0 cm³/mol. The summed E-state index contributed by atoms with van der Waals surface area (Å²) < 4.78 is 5.72. The van der Waals surface area contributed by atoms with Crippen molar-refractivity contribution < 1.29 is 9.84 Å². The highest BCUT2D eigenvalue weighted by Gasteiger charge is 2.29. The van der Waals surface area contributed by atoms with Gasteiger partial charge in [0.15, 0.2) is 0 Å². The predicted octanol–water partition coefficient (Wildman–Crippen LogP) is 2.67. The summed E-state index contributed by atoms with van der Waals surface area (Å²) in [5, 5.41) is 9.56. The topological polar surface area (TPSA) is 29.5 Å². The monoisotopic (exact) mass is 220 g/mol. The maximum Gasteiger partial charge on any atom is 0.126 e. The molecule has 0 fully saturated rings. The molecule has 1 N–H and O–H groups in total. The van der Waals surface area contributed by atoms with E-state index < -0.39 is 0 Å². The maximum atomic E-state index is 9.56. The van der Waals surface area contributed by atoms with Crippen LogP contribution in [0.5, 0.6) is 5.75 Å². The molecule has 0 saturated heterocycles. The van der Waals surface area contributed by atoms with Crippen molar-refractivity contribution in [3.8, 4) is 5.75 Å². The van der Waals surface area contributed by atoms with Crippen LogP contribution in [-0.2, 0) is 11.8 Å². The fourth-order valence-corrected chi connectivity index (χ4v) is 2.60. The van der Waals surface area contributed by atoms with Gasteiger partial charge >= 0.3 is 0 Å². The first-order chi connectivity index (χ1) is 7.50. The molecule has 0 bridgehead atoms. The lowest BCUT2D eigenvalue weighted by Gasteiger charge is -2.28. The van der Waals surface area contributed by atoms with Crippen molar-refractivity contribution in [1.29, 1.82) is 0 Å². The summed E-state index contributed by atoms with van der Waals surface area (Å²) >= 11 is 0. The Bertz CT molecular complexity index is 380. The number of ether oxygens (including phenoxy) is 1. The molecule has 1 heterocycles. The summed E-state index contributed by atoms with van der Waals surface area (Å²) in [6.07, 6.45) is 1.48. The molecule has 0 spiro atoms. The number of benzene rings is 1. The Kier molecular flexibility index (Phi) is 2.94. The van der Waals surface area contributed by atoms with Gasteiger partial charge < -0.3 is 9.84 Å². The van der Waals surface area contributed by atoms with Crippen molar-refractivity contribution in [2.45, 2.75) is 45.1 Å². The lowest BCUT2D eigenvalue weighted by Crippen LogP contribution is -2.23. The van der Waals surface area contributed by atoms with E-state index in [1.165, 1.54) is 11.1 Å². The van der Waals surface area contributed by atoms with E-state index in [0.717, 1.165) is 25.2 Å². The van der Waals surface area contributed by atoms with E-state index in [2.05, 4.69) is 32.0 Å². The summed E-state index contributed by atoms with van der Waals surface area (Å²) in [5.74, 6) is 1.05. The molecule has 2 nitrogen and oxygen atoms in total. The second kappa shape index (κ2) is 4.10. The molecular weight excluding hydrogens is 200 g/mol. The SMILES string of the molecule is CC(O)CC(C)(C)c1cccc2c1OCC2. The van der Waals surface area contributed by atoms with E-state index in [9.17, 15) is 5.11 Å². The fourth-order valence-electron chi connectivity index (χ4n) is 2.60. The summed E-state index contributed by atoms with van der Waals surface area (Å²) in [6, 6.07) is 6.34. The number of rotatable bonds is 3. The van der Waals surface area contributed by atoms with E-state index in [1.54, 1.807) is 0 Å². The third-order valence-electron chi connectivity index (χ3n) is 3.25. The minimum Gasteiger partial charge on any atom is -0.493 e.